The molecule has 0 atom stereocenters. The Morgan fingerprint density at radius 2 is 1.48 bits per heavy atom. The largest absolute Gasteiger partial charge is 0.342 e. The van der Waals surface area contributed by atoms with Crippen LogP contribution in [0.3, 0.4) is 0 Å². The van der Waals surface area contributed by atoms with Crippen molar-refractivity contribution in [3.05, 3.63) is 35.4 Å². The summed E-state index contributed by atoms with van der Waals surface area (Å²) >= 11 is 1.38. The fourth-order valence-corrected chi connectivity index (χ4v) is 12.6. The number of rotatable bonds is 6. The van der Waals surface area contributed by atoms with Crippen LogP contribution >= 0.6 is 11.8 Å². The molecule has 0 spiro atoms. The van der Waals surface area contributed by atoms with Gasteiger partial charge in [-0.15, -0.1) is 0 Å². The summed E-state index contributed by atoms with van der Waals surface area (Å²) in [5, 5.41) is 0.177. The Kier molecular flexibility index (Phi) is 6.46. The van der Waals surface area contributed by atoms with E-state index in [0.29, 0.717) is 0 Å². The molecule has 2 nitrogen and oxygen atoms in total. The average Bonchev–Trinajstić information content (AvgIpc) is 2.34. The Morgan fingerprint density at radius 3 is 1.86 bits per heavy atom. The maximum absolute atomic E-state index is 11.9. The zero-order valence-corrected chi connectivity index (χ0v) is 17.3. The molecule has 0 aromatic heterocycles. The predicted molar refractivity (Wildman–Crippen MR) is 101 cm³/mol. The lowest BCUT2D eigenvalue weighted by Crippen LogP contribution is -2.58. The van der Waals surface area contributed by atoms with Crippen molar-refractivity contribution >= 4 is 33.3 Å². The molecule has 0 saturated carbocycles. The van der Waals surface area contributed by atoms with Crippen LogP contribution in [0.4, 0.5) is 0 Å². The Labute approximate surface area is 136 Å². The third-order valence-corrected chi connectivity index (χ3v) is 11.8. The molecule has 1 aromatic carbocycles. The summed E-state index contributed by atoms with van der Waals surface area (Å²) in [5.41, 5.74) is 2.14. The van der Waals surface area contributed by atoms with E-state index in [4.69, 9.17) is 0 Å². The molecule has 0 aliphatic rings. The van der Waals surface area contributed by atoms with Crippen molar-refractivity contribution in [2.75, 3.05) is 5.75 Å². The normalized spacial score (nSPS) is 12.8. The number of nitrogens with zero attached hydrogens (tertiary/aromatic N) is 1. The van der Waals surface area contributed by atoms with Gasteiger partial charge in [0.1, 0.15) is 16.5 Å². The molecule has 0 aliphatic heterocycles. The van der Waals surface area contributed by atoms with Crippen molar-refractivity contribution in [1.29, 1.82) is 0 Å². The van der Waals surface area contributed by atoms with E-state index >= 15 is 0 Å². The Balaban J connectivity index is 2.89. The lowest BCUT2D eigenvalue weighted by atomic mass is 10.1. The molecule has 0 fully saturated rings. The molecular formula is C16H29NOSSi2. The number of carbonyl (C=O) groups is 1. The smallest absolute Gasteiger partial charge is 0.219 e. The van der Waals surface area contributed by atoms with Crippen LogP contribution in [0.1, 0.15) is 22.8 Å². The van der Waals surface area contributed by atoms with Crippen molar-refractivity contribution < 1.29 is 4.79 Å². The van der Waals surface area contributed by atoms with Crippen LogP contribution in [0.15, 0.2) is 24.3 Å². The highest BCUT2D eigenvalue weighted by atomic mass is 32.2. The van der Waals surface area contributed by atoms with Gasteiger partial charge in [0, 0.05) is 12.1 Å². The summed E-state index contributed by atoms with van der Waals surface area (Å²) in [7, 11) is -2.66. The van der Waals surface area contributed by atoms with Crippen LogP contribution in [0.2, 0.25) is 39.3 Å². The van der Waals surface area contributed by atoms with Gasteiger partial charge in [-0.2, -0.15) is 0 Å². The molecule has 1 rings (SSSR count). The van der Waals surface area contributed by atoms with Crippen molar-refractivity contribution in [3.8, 4) is 0 Å². The first-order valence-electron chi connectivity index (χ1n) is 7.59. The van der Waals surface area contributed by atoms with Gasteiger partial charge in [0.05, 0.1) is 0 Å². The van der Waals surface area contributed by atoms with Gasteiger partial charge in [0.2, 0.25) is 5.12 Å². The van der Waals surface area contributed by atoms with E-state index in [1.807, 2.05) is 19.1 Å². The quantitative estimate of drug-likeness (QED) is 0.676. The van der Waals surface area contributed by atoms with Crippen LogP contribution in [0.25, 0.3) is 0 Å². The summed E-state index contributed by atoms with van der Waals surface area (Å²) in [5.74, 6) is 0.833. The van der Waals surface area contributed by atoms with Gasteiger partial charge in [-0.1, -0.05) is 82.2 Å². The Hall–Kier alpha value is -0.366. The molecule has 118 valence electrons. The molecule has 0 aliphatic carbocycles. The molecule has 0 N–H and O–H groups in total. The van der Waals surface area contributed by atoms with Crippen molar-refractivity contribution in [3.63, 3.8) is 0 Å². The zero-order valence-electron chi connectivity index (χ0n) is 14.5. The van der Waals surface area contributed by atoms with Crippen LogP contribution in [-0.4, -0.2) is 31.6 Å². The summed E-state index contributed by atoms with van der Waals surface area (Å²) in [6, 6.07) is 8.20. The maximum atomic E-state index is 11.9. The first-order chi connectivity index (χ1) is 9.55. The molecule has 0 amide bonds. The highest BCUT2D eigenvalue weighted by Gasteiger charge is 2.34. The van der Waals surface area contributed by atoms with Crippen molar-refractivity contribution in [2.45, 2.75) is 52.8 Å². The predicted octanol–water partition coefficient (Wildman–Crippen LogP) is 5.05. The summed E-state index contributed by atoms with van der Waals surface area (Å²) in [6.07, 6.45) is 0. The average molecular weight is 340 g/mol. The summed E-state index contributed by atoms with van der Waals surface area (Å²) in [4.78, 5) is 11.9. The summed E-state index contributed by atoms with van der Waals surface area (Å²) in [6.45, 7) is 17.5. The van der Waals surface area contributed by atoms with Crippen molar-refractivity contribution in [1.82, 2.24) is 4.23 Å². The monoisotopic (exact) mass is 339 g/mol. The molecule has 0 unspecified atom stereocenters. The first-order valence-corrected chi connectivity index (χ1v) is 15.5. The number of thioether (sulfide) groups is 1. The minimum atomic E-state index is -1.33. The molecule has 0 saturated heterocycles. The fraction of sp³-hybridized carbons (Fsp3) is 0.562. The highest BCUT2D eigenvalue weighted by molar-refractivity contribution is 8.14. The maximum Gasteiger partial charge on any atom is 0.219 e. The van der Waals surface area contributed by atoms with E-state index in [1.54, 1.807) is 0 Å². The topological polar surface area (TPSA) is 20.3 Å². The van der Waals surface area contributed by atoms with Gasteiger partial charge < -0.3 is 4.23 Å². The van der Waals surface area contributed by atoms with Gasteiger partial charge in [0.15, 0.2) is 0 Å². The van der Waals surface area contributed by atoms with E-state index in [0.717, 1.165) is 17.9 Å². The Bertz CT molecular complexity index is 461. The fourth-order valence-electron chi connectivity index (χ4n) is 2.62. The van der Waals surface area contributed by atoms with Gasteiger partial charge in [-0.25, -0.2) is 0 Å². The highest BCUT2D eigenvalue weighted by Crippen LogP contribution is 2.23. The molecule has 21 heavy (non-hydrogen) atoms. The summed E-state index contributed by atoms with van der Waals surface area (Å²) < 4.78 is 2.76. The van der Waals surface area contributed by atoms with E-state index in [1.165, 1.54) is 17.3 Å². The standard InChI is InChI=1S/C16H29NOSSi2/c1-8-19-16(18)15-11-9-14(10-12-15)13-17(20(2,3)4)21(5,6)7/h9-12H,8,13H2,1-7H3. The first kappa shape index (κ1) is 18.7. The second-order valence-electron chi connectivity index (χ2n) is 7.35. The second-order valence-corrected chi connectivity index (χ2v) is 18.8. The van der Waals surface area contributed by atoms with Gasteiger partial charge >= 0.3 is 0 Å². The number of hydrogen-bond acceptors (Lipinski definition) is 3. The number of hydrogen-bond donors (Lipinski definition) is 0. The van der Waals surface area contributed by atoms with Crippen molar-refractivity contribution in [2.24, 2.45) is 0 Å². The third kappa shape index (κ3) is 5.73. The minimum absolute atomic E-state index is 0.177. The molecule has 0 bridgehead atoms. The van der Waals surface area contributed by atoms with Crippen LogP contribution < -0.4 is 0 Å². The van der Waals surface area contributed by atoms with E-state index in [-0.39, 0.29) is 5.12 Å². The lowest BCUT2D eigenvalue weighted by molar-refractivity contribution is 0.108. The second kappa shape index (κ2) is 7.26. The van der Waals surface area contributed by atoms with E-state index in [9.17, 15) is 4.79 Å². The number of benzene rings is 1. The molecule has 5 heteroatoms. The van der Waals surface area contributed by atoms with Gasteiger partial charge in [-0.05, 0) is 11.3 Å². The molecular weight excluding hydrogens is 310 g/mol. The number of carbonyl (C=O) groups excluding carboxylic acids is 1. The van der Waals surface area contributed by atoms with Crippen LogP contribution in [-0.2, 0) is 6.54 Å². The van der Waals surface area contributed by atoms with E-state index in [2.05, 4.69) is 55.6 Å². The molecule has 0 heterocycles. The van der Waals surface area contributed by atoms with Gasteiger partial charge in [-0.3, -0.25) is 4.79 Å². The lowest BCUT2D eigenvalue weighted by Gasteiger charge is -2.43. The van der Waals surface area contributed by atoms with Crippen LogP contribution in [0, 0.1) is 0 Å². The molecule has 0 radical (unpaired) electrons. The Morgan fingerprint density at radius 1 is 1.00 bits per heavy atom. The van der Waals surface area contributed by atoms with Crippen LogP contribution in [0.5, 0.6) is 0 Å². The zero-order chi connectivity index (χ0) is 16.3. The minimum Gasteiger partial charge on any atom is -0.342 e. The third-order valence-electron chi connectivity index (χ3n) is 3.43. The SMILES string of the molecule is CCSC(=O)c1ccc(CN([Si](C)(C)C)[Si](C)(C)C)cc1. The van der Waals surface area contributed by atoms with Gasteiger partial charge in [0.25, 0.3) is 0 Å². The van der Waals surface area contributed by atoms with E-state index < -0.39 is 16.5 Å². The molecule has 1 aromatic rings.